The summed E-state index contributed by atoms with van der Waals surface area (Å²) < 4.78 is 7.24. The van der Waals surface area contributed by atoms with Crippen LogP contribution < -0.4 is 5.32 Å². The Bertz CT molecular complexity index is 523. The number of hydrogen-bond donors (Lipinski definition) is 1. The van der Waals surface area contributed by atoms with Crippen LogP contribution in [0.15, 0.2) is 17.0 Å². The fourth-order valence-electron chi connectivity index (χ4n) is 2.20. The van der Waals surface area contributed by atoms with Crippen molar-refractivity contribution >= 4 is 0 Å². The van der Waals surface area contributed by atoms with Gasteiger partial charge in [0.15, 0.2) is 0 Å². The number of aromatic nitrogens is 4. The van der Waals surface area contributed by atoms with Gasteiger partial charge in [0.25, 0.3) is 0 Å². The van der Waals surface area contributed by atoms with Gasteiger partial charge in [-0.1, -0.05) is 5.16 Å². The molecule has 1 aliphatic rings. The van der Waals surface area contributed by atoms with E-state index in [1.807, 2.05) is 11.6 Å². The first-order chi connectivity index (χ1) is 8.19. The van der Waals surface area contributed by atoms with E-state index in [4.69, 9.17) is 4.52 Å². The first-order valence-corrected chi connectivity index (χ1v) is 5.75. The largest absolute Gasteiger partial charge is 0.337 e. The molecule has 1 atom stereocenters. The van der Waals surface area contributed by atoms with Gasteiger partial charge in [-0.2, -0.15) is 4.98 Å². The fourth-order valence-corrected chi connectivity index (χ4v) is 2.20. The number of aryl methyl sites for hydroxylation is 1. The fraction of sp³-hybridized carbons (Fsp3) is 0.545. The molecule has 2 aromatic heterocycles. The average molecular weight is 233 g/mol. The Balaban J connectivity index is 1.96. The van der Waals surface area contributed by atoms with Gasteiger partial charge in [0, 0.05) is 7.05 Å². The first-order valence-electron chi connectivity index (χ1n) is 5.75. The molecule has 0 spiro atoms. The molecular formula is C11H15N5O. The second-order valence-electron chi connectivity index (χ2n) is 4.68. The maximum absolute atomic E-state index is 5.37. The molecule has 90 valence electrons. The highest BCUT2D eigenvalue weighted by atomic mass is 16.5. The molecular weight excluding hydrogens is 218 g/mol. The molecule has 17 heavy (non-hydrogen) atoms. The number of nitrogens with one attached hydrogen (secondary N) is 1. The van der Waals surface area contributed by atoms with Gasteiger partial charge in [-0.15, -0.1) is 0 Å². The monoisotopic (exact) mass is 233 g/mol. The maximum atomic E-state index is 5.37. The summed E-state index contributed by atoms with van der Waals surface area (Å²) in [5.74, 6) is 1.25. The van der Waals surface area contributed by atoms with Gasteiger partial charge < -0.3 is 14.4 Å². The van der Waals surface area contributed by atoms with Gasteiger partial charge in [-0.3, -0.25) is 0 Å². The van der Waals surface area contributed by atoms with Crippen molar-refractivity contribution in [2.75, 3.05) is 6.54 Å². The summed E-state index contributed by atoms with van der Waals surface area (Å²) in [5, 5.41) is 7.43. The summed E-state index contributed by atoms with van der Waals surface area (Å²) in [5.41, 5.74) is 0.686. The van der Waals surface area contributed by atoms with E-state index in [1.165, 1.54) is 0 Å². The van der Waals surface area contributed by atoms with Gasteiger partial charge in [0.05, 0.1) is 18.1 Å². The van der Waals surface area contributed by atoms with Crippen LogP contribution in [0.4, 0.5) is 0 Å². The molecule has 0 aromatic carbocycles. The summed E-state index contributed by atoms with van der Waals surface area (Å²) in [4.78, 5) is 8.51. The lowest BCUT2D eigenvalue weighted by Crippen LogP contribution is -2.33. The summed E-state index contributed by atoms with van der Waals surface area (Å²) in [6, 6.07) is 0. The third-order valence-electron chi connectivity index (χ3n) is 3.31. The quantitative estimate of drug-likeness (QED) is 0.840. The Hall–Kier alpha value is -1.69. The Morgan fingerprint density at radius 2 is 2.41 bits per heavy atom. The molecule has 1 unspecified atom stereocenters. The molecule has 0 saturated carbocycles. The SMILES string of the molecule is Cn1cncc1-c1noc(C2(C)CCCN2)n1. The van der Waals surface area contributed by atoms with Gasteiger partial charge in [-0.25, -0.2) is 4.98 Å². The van der Waals surface area contributed by atoms with Crippen molar-refractivity contribution in [2.45, 2.75) is 25.3 Å². The predicted octanol–water partition coefficient (Wildman–Crippen LogP) is 1.07. The second kappa shape index (κ2) is 3.66. The molecule has 0 amide bonds. The Morgan fingerprint density at radius 1 is 1.53 bits per heavy atom. The highest BCUT2D eigenvalue weighted by Crippen LogP contribution is 2.30. The minimum absolute atomic E-state index is 0.177. The minimum Gasteiger partial charge on any atom is -0.337 e. The Morgan fingerprint density at radius 3 is 3.06 bits per heavy atom. The zero-order valence-corrected chi connectivity index (χ0v) is 9.97. The average Bonchev–Trinajstić information content (AvgIpc) is 2.97. The van der Waals surface area contributed by atoms with Crippen LogP contribution in [0.3, 0.4) is 0 Å². The van der Waals surface area contributed by atoms with Crippen molar-refractivity contribution < 1.29 is 4.52 Å². The summed E-state index contributed by atoms with van der Waals surface area (Å²) >= 11 is 0. The maximum Gasteiger partial charge on any atom is 0.247 e. The van der Waals surface area contributed by atoms with Crippen molar-refractivity contribution in [3.63, 3.8) is 0 Å². The van der Waals surface area contributed by atoms with Crippen LogP contribution in [0, 0.1) is 0 Å². The van der Waals surface area contributed by atoms with Gasteiger partial charge >= 0.3 is 0 Å². The molecule has 1 N–H and O–H groups in total. The van der Waals surface area contributed by atoms with Crippen molar-refractivity contribution in [2.24, 2.45) is 7.05 Å². The molecule has 1 aliphatic heterocycles. The molecule has 0 radical (unpaired) electrons. The molecule has 6 nitrogen and oxygen atoms in total. The molecule has 2 aromatic rings. The third-order valence-corrected chi connectivity index (χ3v) is 3.31. The van der Waals surface area contributed by atoms with Gasteiger partial charge in [0.1, 0.15) is 5.69 Å². The van der Waals surface area contributed by atoms with Crippen LogP contribution >= 0.6 is 0 Å². The van der Waals surface area contributed by atoms with Crippen molar-refractivity contribution in [3.05, 3.63) is 18.4 Å². The van der Waals surface area contributed by atoms with E-state index in [9.17, 15) is 0 Å². The topological polar surface area (TPSA) is 68.8 Å². The number of nitrogens with zero attached hydrogens (tertiary/aromatic N) is 4. The second-order valence-corrected chi connectivity index (χ2v) is 4.68. The van der Waals surface area contributed by atoms with Crippen LogP contribution in [0.2, 0.25) is 0 Å². The van der Waals surface area contributed by atoms with Crippen molar-refractivity contribution in [1.82, 2.24) is 25.0 Å². The van der Waals surface area contributed by atoms with E-state index in [0.717, 1.165) is 25.1 Å². The van der Waals surface area contributed by atoms with E-state index in [2.05, 4.69) is 27.4 Å². The molecule has 3 rings (SSSR count). The number of imidazole rings is 1. The molecule has 3 heterocycles. The van der Waals surface area contributed by atoms with Crippen LogP contribution in [0.25, 0.3) is 11.5 Å². The molecule has 6 heteroatoms. The van der Waals surface area contributed by atoms with Crippen molar-refractivity contribution in [3.8, 4) is 11.5 Å². The zero-order chi connectivity index (χ0) is 11.9. The van der Waals surface area contributed by atoms with E-state index < -0.39 is 0 Å². The van der Waals surface area contributed by atoms with Gasteiger partial charge in [0.2, 0.25) is 11.7 Å². The zero-order valence-electron chi connectivity index (χ0n) is 9.97. The van der Waals surface area contributed by atoms with E-state index in [0.29, 0.717) is 11.7 Å². The summed E-state index contributed by atoms with van der Waals surface area (Å²) in [7, 11) is 1.91. The minimum atomic E-state index is -0.177. The highest BCUT2D eigenvalue weighted by Gasteiger charge is 2.35. The van der Waals surface area contributed by atoms with Crippen LogP contribution in [0.5, 0.6) is 0 Å². The normalized spacial score (nSPS) is 24.4. The standard InChI is InChI=1S/C11H15N5O/c1-11(4-3-5-13-11)10-14-9(15-17-10)8-6-12-7-16(8)2/h6-7,13H,3-5H2,1-2H3. The lowest BCUT2D eigenvalue weighted by Gasteiger charge is -2.18. The molecule has 0 bridgehead atoms. The summed E-state index contributed by atoms with van der Waals surface area (Å²) in [6.45, 7) is 3.10. The third kappa shape index (κ3) is 1.64. The van der Waals surface area contributed by atoms with Crippen molar-refractivity contribution in [1.29, 1.82) is 0 Å². The Kier molecular flexibility index (Phi) is 2.25. The Labute approximate surface area is 99.0 Å². The van der Waals surface area contributed by atoms with E-state index >= 15 is 0 Å². The summed E-state index contributed by atoms with van der Waals surface area (Å²) in [6.07, 6.45) is 5.62. The van der Waals surface area contributed by atoms with Gasteiger partial charge in [-0.05, 0) is 26.3 Å². The van der Waals surface area contributed by atoms with E-state index in [1.54, 1.807) is 12.5 Å². The van der Waals surface area contributed by atoms with Crippen LogP contribution in [-0.2, 0) is 12.6 Å². The van der Waals surface area contributed by atoms with Crippen LogP contribution in [0.1, 0.15) is 25.7 Å². The molecule has 1 saturated heterocycles. The molecule has 1 fully saturated rings. The molecule has 0 aliphatic carbocycles. The first kappa shape index (κ1) is 10.5. The van der Waals surface area contributed by atoms with E-state index in [-0.39, 0.29) is 5.54 Å². The smallest absolute Gasteiger partial charge is 0.247 e. The highest BCUT2D eigenvalue weighted by molar-refractivity contribution is 5.47. The lowest BCUT2D eigenvalue weighted by molar-refractivity contribution is 0.275. The number of hydrogen-bond acceptors (Lipinski definition) is 5. The lowest BCUT2D eigenvalue weighted by atomic mass is 10.0. The predicted molar refractivity (Wildman–Crippen MR) is 61.1 cm³/mol. The van der Waals surface area contributed by atoms with Crippen LogP contribution in [-0.4, -0.2) is 26.2 Å². The number of rotatable bonds is 2.